The third kappa shape index (κ3) is 2.66. The van der Waals surface area contributed by atoms with Crippen molar-refractivity contribution >= 4 is 15.9 Å². The highest BCUT2D eigenvalue weighted by Gasteiger charge is 2.22. The Balaban J connectivity index is 2.04. The van der Waals surface area contributed by atoms with Crippen LogP contribution >= 0.6 is 15.9 Å². The first-order chi connectivity index (χ1) is 7.70. The number of alkyl halides is 1. The molecule has 1 aromatic heterocycles. The summed E-state index contributed by atoms with van der Waals surface area (Å²) >= 11 is 3.62. The largest absolute Gasteiger partial charge is 0.294 e. The molecule has 2 rings (SSSR count). The van der Waals surface area contributed by atoms with E-state index in [1.54, 1.807) is 0 Å². The Hall–Kier alpha value is -0.350. The van der Waals surface area contributed by atoms with Crippen LogP contribution in [0.4, 0.5) is 0 Å². The van der Waals surface area contributed by atoms with E-state index in [9.17, 15) is 0 Å². The lowest BCUT2D eigenvalue weighted by Gasteiger charge is -2.34. The highest BCUT2D eigenvalue weighted by atomic mass is 79.9. The molecule has 3 nitrogen and oxygen atoms in total. The lowest BCUT2D eigenvalue weighted by Crippen LogP contribution is -2.40. The Bertz CT molecular complexity index is 348. The maximum atomic E-state index is 4.41. The highest BCUT2D eigenvalue weighted by Crippen LogP contribution is 2.21. The van der Waals surface area contributed by atoms with Gasteiger partial charge in [-0.3, -0.25) is 9.58 Å². The number of hydrogen-bond acceptors (Lipinski definition) is 2. The predicted molar refractivity (Wildman–Crippen MR) is 69.8 cm³/mol. The van der Waals surface area contributed by atoms with Crippen molar-refractivity contribution < 1.29 is 0 Å². The lowest BCUT2D eigenvalue weighted by molar-refractivity contribution is 0.153. The van der Waals surface area contributed by atoms with Crippen LogP contribution in [0.5, 0.6) is 0 Å². The molecule has 1 fully saturated rings. The maximum absolute atomic E-state index is 4.41. The molecular weight excluding hydrogens is 266 g/mol. The number of likely N-dealkylation sites (tertiary alicyclic amines) is 1. The van der Waals surface area contributed by atoms with E-state index in [1.165, 1.54) is 31.5 Å². The molecule has 0 radical (unpaired) electrons. The SMILES string of the molecule is Cc1cc(CN2CCCCC2CBr)n(C)n1. The van der Waals surface area contributed by atoms with Gasteiger partial charge in [-0.15, -0.1) is 0 Å². The first-order valence-corrected chi connectivity index (χ1v) is 7.12. The quantitative estimate of drug-likeness (QED) is 0.796. The minimum absolute atomic E-state index is 0.698. The van der Waals surface area contributed by atoms with Gasteiger partial charge >= 0.3 is 0 Å². The standard InChI is InChI=1S/C12H20BrN3/c1-10-7-12(15(2)14-10)9-16-6-4-3-5-11(16)8-13/h7,11H,3-6,8-9H2,1-2H3. The van der Waals surface area contributed by atoms with Gasteiger partial charge in [0.2, 0.25) is 0 Å². The third-order valence-corrected chi connectivity index (χ3v) is 4.14. The van der Waals surface area contributed by atoms with Crippen LogP contribution in [0.25, 0.3) is 0 Å². The van der Waals surface area contributed by atoms with Crippen molar-refractivity contribution in [1.29, 1.82) is 0 Å². The molecule has 1 aliphatic heterocycles. The number of hydrogen-bond donors (Lipinski definition) is 0. The Morgan fingerprint density at radius 2 is 2.31 bits per heavy atom. The predicted octanol–water partition coefficient (Wildman–Crippen LogP) is 2.48. The summed E-state index contributed by atoms with van der Waals surface area (Å²) in [6.45, 7) is 4.32. The fraction of sp³-hybridized carbons (Fsp3) is 0.750. The van der Waals surface area contributed by atoms with Gasteiger partial charge in [-0.25, -0.2) is 0 Å². The summed E-state index contributed by atoms with van der Waals surface area (Å²) < 4.78 is 2.01. The van der Waals surface area contributed by atoms with E-state index in [0.29, 0.717) is 6.04 Å². The molecule has 0 aliphatic carbocycles. The molecule has 1 saturated heterocycles. The summed E-state index contributed by atoms with van der Waals surface area (Å²) in [4.78, 5) is 2.58. The van der Waals surface area contributed by atoms with Gasteiger partial charge < -0.3 is 0 Å². The zero-order chi connectivity index (χ0) is 11.5. The Labute approximate surface area is 106 Å². The minimum atomic E-state index is 0.698. The van der Waals surface area contributed by atoms with Crippen LogP contribution in [-0.4, -0.2) is 32.6 Å². The molecule has 4 heteroatoms. The number of aryl methyl sites for hydroxylation is 2. The van der Waals surface area contributed by atoms with Gasteiger partial charge in [0.15, 0.2) is 0 Å². The molecule has 0 saturated carbocycles. The number of piperidine rings is 1. The molecule has 90 valence electrons. The van der Waals surface area contributed by atoms with Gasteiger partial charge in [-0.1, -0.05) is 22.4 Å². The first kappa shape index (κ1) is 12.1. The van der Waals surface area contributed by atoms with Crippen molar-refractivity contribution in [2.75, 3.05) is 11.9 Å². The second kappa shape index (κ2) is 5.32. The van der Waals surface area contributed by atoms with Gasteiger partial charge in [0, 0.05) is 25.0 Å². The monoisotopic (exact) mass is 285 g/mol. The van der Waals surface area contributed by atoms with Gasteiger partial charge in [0.25, 0.3) is 0 Å². The van der Waals surface area contributed by atoms with Crippen molar-refractivity contribution in [2.24, 2.45) is 7.05 Å². The van der Waals surface area contributed by atoms with Crippen molar-refractivity contribution in [3.63, 3.8) is 0 Å². The van der Waals surface area contributed by atoms with Gasteiger partial charge in [0.1, 0.15) is 0 Å². The summed E-state index contributed by atoms with van der Waals surface area (Å²) in [5, 5.41) is 5.49. The number of rotatable bonds is 3. The molecular formula is C12H20BrN3. The van der Waals surface area contributed by atoms with Crippen LogP contribution in [-0.2, 0) is 13.6 Å². The molecule has 1 aromatic rings. The van der Waals surface area contributed by atoms with Crippen LogP contribution in [0, 0.1) is 6.92 Å². The fourth-order valence-corrected chi connectivity index (χ4v) is 3.20. The third-order valence-electron chi connectivity index (χ3n) is 3.39. The van der Waals surface area contributed by atoms with Gasteiger partial charge in [0.05, 0.1) is 11.4 Å². The van der Waals surface area contributed by atoms with Crippen LogP contribution in [0.15, 0.2) is 6.07 Å². The average molecular weight is 286 g/mol. The molecule has 1 unspecified atom stereocenters. The summed E-state index contributed by atoms with van der Waals surface area (Å²) in [6.07, 6.45) is 4.03. The van der Waals surface area contributed by atoms with E-state index < -0.39 is 0 Å². The second-order valence-electron chi connectivity index (χ2n) is 4.68. The molecule has 0 amide bonds. The smallest absolute Gasteiger partial charge is 0.0597 e. The molecule has 0 aromatic carbocycles. The Morgan fingerprint density at radius 3 is 2.94 bits per heavy atom. The van der Waals surface area contributed by atoms with Crippen molar-refractivity contribution in [3.05, 3.63) is 17.5 Å². The van der Waals surface area contributed by atoms with E-state index in [4.69, 9.17) is 0 Å². The number of halogens is 1. The molecule has 1 atom stereocenters. The van der Waals surface area contributed by atoms with Gasteiger partial charge in [-0.2, -0.15) is 5.10 Å². The highest BCUT2D eigenvalue weighted by molar-refractivity contribution is 9.09. The van der Waals surface area contributed by atoms with Gasteiger partial charge in [-0.05, 0) is 32.4 Å². The molecule has 0 spiro atoms. The van der Waals surface area contributed by atoms with E-state index in [2.05, 4.69) is 38.9 Å². The summed E-state index contributed by atoms with van der Waals surface area (Å²) in [6, 6.07) is 2.89. The van der Waals surface area contributed by atoms with E-state index in [0.717, 1.165) is 17.6 Å². The summed E-state index contributed by atoms with van der Waals surface area (Å²) in [5.41, 5.74) is 2.44. The van der Waals surface area contributed by atoms with Crippen LogP contribution in [0.1, 0.15) is 30.7 Å². The average Bonchev–Trinajstić information content (AvgIpc) is 2.58. The van der Waals surface area contributed by atoms with Crippen molar-refractivity contribution in [1.82, 2.24) is 14.7 Å². The molecule has 0 N–H and O–H groups in total. The summed E-state index contributed by atoms with van der Waals surface area (Å²) in [5.74, 6) is 0. The molecule has 1 aliphatic rings. The molecule has 16 heavy (non-hydrogen) atoms. The Kier molecular flexibility index (Phi) is 4.03. The van der Waals surface area contributed by atoms with Crippen LogP contribution in [0.2, 0.25) is 0 Å². The number of nitrogens with zero attached hydrogens (tertiary/aromatic N) is 3. The fourth-order valence-electron chi connectivity index (χ4n) is 2.46. The topological polar surface area (TPSA) is 21.1 Å². The zero-order valence-electron chi connectivity index (χ0n) is 10.1. The van der Waals surface area contributed by atoms with E-state index in [-0.39, 0.29) is 0 Å². The zero-order valence-corrected chi connectivity index (χ0v) is 11.7. The maximum Gasteiger partial charge on any atom is 0.0597 e. The normalized spacial score (nSPS) is 22.6. The van der Waals surface area contributed by atoms with E-state index in [1.807, 2.05) is 11.7 Å². The lowest BCUT2D eigenvalue weighted by atomic mass is 10.0. The van der Waals surface area contributed by atoms with Crippen LogP contribution < -0.4 is 0 Å². The van der Waals surface area contributed by atoms with Crippen molar-refractivity contribution in [3.8, 4) is 0 Å². The minimum Gasteiger partial charge on any atom is -0.294 e. The second-order valence-corrected chi connectivity index (χ2v) is 5.32. The number of aromatic nitrogens is 2. The molecule has 2 heterocycles. The van der Waals surface area contributed by atoms with Crippen molar-refractivity contribution in [2.45, 2.75) is 38.8 Å². The Morgan fingerprint density at radius 1 is 1.50 bits per heavy atom. The van der Waals surface area contributed by atoms with E-state index >= 15 is 0 Å². The first-order valence-electron chi connectivity index (χ1n) is 6.00. The molecule has 0 bridgehead atoms. The summed E-state index contributed by atoms with van der Waals surface area (Å²) in [7, 11) is 2.04. The van der Waals surface area contributed by atoms with Crippen LogP contribution in [0.3, 0.4) is 0 Å².